The maximum atomic E-state index is 13.5. The molecule has 0 unspecified atom stereocenters. The Labute approximate surface area is 207 Å². The van der Waals surface area contributed by atoms with Crippen molar-refractivity contribution in [2.45, 2.75) is 32.7 Å². The molecule has 1 aromatic heterocycles. The first-order valence-corrected chi connectivity index (χ1v) is 12.0. The van der Waals surface area contributed by atoms with Crippen molar-refractivity contribution in [3.05, 3.63) is 63.8 Å². The molecule has 2 N–H and O–H groups in total. The SMILES string of the molecule is CCOC(=O)[C@H]1CCCN(C(=O)[C@H](C)Nc2ccc3c(-c4ccc(F)cc4Cl)c[nH]c(=O)c3c2)C1. The van der Waals surface area contributed by atoms with Gasteiger partial charge in [-0.25, -0.2) is 4.39 Å². The van der Waals surface area contributed by atoms with Crippen LogP contribution in [0.5, 0.6) is 0 Å². The van der Waals surface area contributed by atoms with Crippen molar-refractivity contribution in [3.63, 3.8) is 0 Å². The minimum absolute atomic E-state index is 0.125. The van der Waals surface area contributed by atoms with Crippen LogP contribution in [0.1, 0.15) is 26.7 Å². The van der Waals surface area contributed by atoms with Gasteiger partial charge in [0.05, 0.1) is 17.5 Å². The summed E-state index contributed by atoms with van der Waals surface area (Å²) in [6, 6.07) is 8.78. The number of esters is 1. The van der Waals surface area contributed by atoms with E-state index in [9.17, 15) is 18.8 Å². The summed E-state index contributed by atoms with van der Waals surface area (Å²) in [7, 11) is 0. The number of benzene rings is 2. The molecule has 2 heterocycles. The van der Waals surface area contributed by atoms with E-state index in [0.29, 0.717) is 53.7 Å². The zero-order valence-corrected chi connectivity index (χ0v) is 20.3. The van der Waals surface area contributed by atoms with Gasteiger partial charge < -0.3 is 19.9 Å². The normalized spacial score (nSPS) is 16.7. The largest absolute Gasteiger partial charge is 0.466 e. The summed E-state index contributed by atoms with van der Waals surface area (Å²) < 4.78 is 18.6. The molecule has 1 fully saturated rings. The molecule has 0 aliphatic carbocycles. The number of likely N-dealkylation sites (tertiary alicyclic amines) is 1. The fourth-order valence-electron chi connectivity index (χ4n) is 4.50. The summed E-state index contributed by atoms with van der Waals surface area (Å²) in [5, 5.41) is 4.47. The van der Waals surface area contributed by atoms with E-state index in [2.05, 4.69) is 10.3 Å². The molecule has 2 aromatic carbocycles. The van der Waals surface area contributed by atoms with Crippen molar-refractivity contribution in [1.29, 1.82) is 0 Å². The summed E-state index contributed by atoms with van der Waals surface area (Å²) in [5.41, 5.74) is 1.57. The van der Waals surface area contributed by atoms with Crippen LogP contribution in [0.15, 0.2) is 47.4 Å². The highest BCUT2D eigenvalue weighted by atomic mass is 35.5. The van der Waals surface area contributed by atoms with Crippen molar-refractivity contribution in [2.24, 2.45) is 5.92 Å². The van der Waals surface area contributed by atoms with Crippen LogP contribution < -0.4 is 10.9 Å². The Morgan fingerprint density at radius 1 is 1.23 bits per heavy atom. The van der Waals surface area contributed by atoms with Gasteiger partial charge in [0.2, 0.25) is 5.91 Å². The zero-order chi connectivity index (χ0) is 25.1. The average molecular weight is 500 g/mol. The van der Waals surface area contributed by atoms with E-state index in [0.717, 1.165) is 6.42 Å². The van der Waals surface area contributed by atoms with Crippen LogP contribution in [0.4, 0.5) is 10.1 Å². The molecule has 0 bridgehead atoms. The monoisotopic (exact) mass is 499 g/mol. The second-order valence-corrected chi connectivity index (χ2v) is 9.06. The third kappa shape index (κ3) is 5.32. The summed E-state index contributed by atoms with van der Waals surface area (Å²) in [4.78, 5) is 42.2. The third-order valence-electron chi connectivity index (χ3n) is 6.23. The number of nitrogens with zero attached hydrogens (tertiary/aromatic N) is 1. The van der Waals surface area contributed by atoms with Gasteiger partial charge in [0.1, 0.15) is 11.9 Å². The summed E-state index contributed by atoms with van der Waals surface area (Å²) >= 11 is 6.24. The Kier molecular flexibility index (Phi) is 7.40. The molecule has 0 saturated carbocycles. The maximum absolute atomic E-state index is 13.5. The zero-order valence-electron chi connectivity index (χ0n) is 19.6. The van der Waals surface area contributed by atoms with E-state index in [1.54, 1.807) is 49.2 Å². The van der Waals surface area contributed by atoms with Gasteiger partial charge >= 0.3 is 5.97 Å². The number of nitrogens with one attached hydrogen (secondary N) is 2. The molecule has 0 radical (unpaired) electrons. The number of fused-ring (bicyclic) bond motifs is 1. The number of hydrogen-bond acceptors (Lipinski definition) is 5. The van der Waals surface area contributed by atoms with Crippen LogP contribution >= 0.6 is 11.6 Å². The first-order chi connectivity index (χ1) is 16.8. The number of H-pyrrole nitrogens is 1. The summed E-state index contributed by atoms with van der Waals surface area (Å²) in [6.07, 6.45) is 3.00. The lowest BCUT2D eigenvalue weighted by Crippen LogP contribution is -2.48. The average Bonchev–Trinajstić information content (AvgIpc) is 2.85. The van der Waals surface area contributed by atoms with Gasteiger partial charge in [-0.1, -0.05) is 17.7 Å². The minimum atomic E-state index is -0.567. The Bertz CT molecular complexity index is 1330. The molecule has 1 amide bonds. The van der Waals surface area contributed by atoms with Crippen molar-refractivity contribution in [3.8, 4) is 11.1 Å². The molecule has 1 aliphatic rings. The van der Waals surface area contributed by atoms with Gasteiger partial charge in [0.25, 0.3) is 5.56 Å². The molecule has 0 spiro atoms. The molecule has 1 saturated heterocycles. The third-order valence-corrected chi connectivity index (χ3v) is 6.54. The smallest absolute Gasteiger partial charge is 0.310 e. The molecule has 3 aromatic rings. The standard InChI is InChI=1S/C26H27ClFN3O4/c1-3-35-26(34)16-5-4-10-31(14-16)25(33)15(2)30-18-7-9-19-21(12-18)24(32)29-13-22(19)20-8-6-17(28)11-23(20)27/h6-9,11-13,15-16,30H,3-5,10,14H2,1-2H3,(H,29,32)/t15-,16-/m0/s1. The summed E-state index contributed by atoms with van der Waals surface area (Å²) in [6.45, 7) is 4.75. The number of hydrogen-bond donors (Lipinski definition) is 2. The van der Waals surface area contributed by atoms with Crippen LogP contribution in [-0.2, 0) is 14.3 Å². The molecule has 1 aliphatic heterocycles. The molecular weight excluding hydrogens is 473 g/mol. The molecule has 35 heavy (non-hydrogen) atoms. The first kappa shape index (κ1) is 24.7. The van der Waals surface area contributed by atoms with Gasteiger partial charge in [-0.15, -0.1) is 0 Å². The fourth-order valence-corrected chi connectivity index (χ4v) is 4.77. The fraction of sp³-hybridized carbons (Fsp3) is 0.346. The van der Waals surface area contributed by atoms with E-state index in [1.165, 1.54) is 12.1 Å². The molecule has 9 heteroatoms. The van der Waals surface area contributed by atoms with Gasteiger partial charge in [-0.3, -0.25) is 14.4 Å². The van der Waals surface area contributed by atoms with E-state index < -0.39 is 11.9 Å². The van der Waals surface area contributed by atoms with Crippen molar-refractivity contribution in [2.75, 3.05) is 25.0 Å². The second kappa shape index (κ2) is 10.5. The highest BCUT2D eigenvalue weighted by Crippen LogP contribution is 2.33. The number of anilines is 1. The van der Waals surface area contributed by atoms with E-state index in [-0.39, 0.29) is 28.4 Å². The number of halogens is 2. The molecule has 4 rings (SSSR count). The van der Waals surface area contributed by atoms with E-state index in [4.69, 9.17) is 16.3 Å². The lowest BCUT2D eigenvalue weighted by molar-refractivity contribution is -0.151. The minimum Gasteiger partial charge on any atom is -0.466 e. The van der Waals surface area contributed by atoms with Gasteiger partial charge in [0.15, 0.2) is 0 Å². The van der Waals surface area contributed by atoms with Crippen LogP contribution in [0, 0.1) is 11.7 Å². The predicted molar refractivity (Wildman–Crippen MR) is 134 cm³/mol. The van der Waals surface area contributed by atoms with Crippen LogP contribution in [0.2, 0.25) is 5.02 Å². The predicted octanol–water partition coefficient (Wildman–Crippen LogP) is 4.59. The van der Waals surface area contributed by atoms with Crippen LogP contribution in [0.25, 0.3) is 21.9 Å². The van der Waals surface area contributed by atoms with Crippen molar-refractivity contribution in [1.82, 2.24) is 9.88 Å². The number of amides is 1. The quantitative estimate of drug-likeness (QED) is 0.484. The van der Waals surface area contributed by atoms with Gasteiger partial charge in [-0.05, 0) is 62.4 Å². The number of pyridine rings is 1. The van der Waals surface area contributed by atoms with Crippen LogP contribution in [0.3, 0.4) is 0 Å². The highest BCUT2D eigenvalue weighted by Gasteiger charge is 2.31. The van der Waals surface area contributed by atoms with Gasteiger partial charge in [-0.2, -0.15) is 0 Å². The number of rotatable bonds is 6. The number of ether oxygens (including phenoxy) is 1. The van der Waals surface area contributed by atoms with Crippen molar-refractivity contribution >= 4 is 39.9 Å². The molecule has 2 atom stereocenters. The lowest BCUT2D eigenvalue weighted by Gasteiger charge is -2.33. The van der Waals surface area contributed by atoms with Crippen molar-refractivity contribution < 1.29 is 18.7 Å². The Morgan fingerprint density at radius 2 is 2.03 bits per heavy atom. The van der Waals surface area contributed by atoms with E-state index in [1.807, 2.05) is 0 Å². The Hall–Kier alpha value is -3.39. The lowest BCUT2D eigenvalue weighted by atomic mass is 9.97. The number of carbonyl (C=O) groups excluding carboxylic acids is 2. The highest BCUT2D eigenvalue weighted by molar-refractivity contribution is 6.33. The van der Waals surface area contributed by atoms with E-state index >= 15 is 0 Å². The number of piperidine rings is 1. The number of aromatic nitrogens is 1. The summed E-state index contributed by atoms with van der Waals surface area (Å²) in [5.74, 6) is -1.15. The first-order valence-electron chi connectivity index (χ1n) is 11.6. The Balaban J connectivity index is 1.55. The second-order valence-electron chi connectivity index (χ2n) is 8.66. The Morgan fingerprint density at radius 3 is 2.77 bits per heavy atom. The number of carbonyl (C=O) groups is 2. The molecule has 7 nitrogen and oxygen atoms in total. The topological polar surface area (TPSA) is 91.5 Å². The van der Waals surface area contributed by atoms with Gasteiger partial charge in [0, 0.05) is 41.5 Å². The molecule has 184 valence electrons. The molecular formula is C26H27ClFN3O4. The maximum Gasteiger partial charge on any atom is 0.310 e. The van der Waals surface area contributed by atoms with Crippen LogP contribution in [-0.4, -0.2) is 47.5 Å². The number of aromatic amines is 1.